The molecule has 0 saturated heterocycles. The van der Waals surface area contributed by atoms with Crippen molar-refractivity contribution in [1.82, 2.24) is 15.0 Å². The van der Waals surface area contributed by atoms with Gasteiger partial charge >= 0.3 is 5.97 Å². The smallest absolute Gasteiger partial charge is 0.339 e. The van der Waals surface area contributed by atoms with Crippen LogP contribution in [0.25, 0.3) is 11.0 Å². The van der Waals surface area contributed by atoms with E-state index in [4.69, 9.17) is 5.11 Å². The van der Waals surface area contributed by atoms with Gasteiger partial charge in [-0.1, -0.05) is 0 Å². The van der Waals surface area contributed by atoms with Crippen LogP contribution in [0, 0.1) is 6.92 Å². The van der Waals surface area contributed by atoms with Crippen molar-refractivity contribution in [1.29, 1.82) is 0 Å². The number of carbonyl (C=O) groups is 1. The first-order valence-corrected chi connectivity index (χ1v) is 4.81. The molecule has 2 rings (SSSR count). The maximum atomic E-state index is 11.5. The van der Waals surface area contributed by atoms with Crippen LogP contribution in [0.4, 0.5) is 0 Å². The average Bonchev–Trinajstić information content (AvgIpc) is 2.40. The zero-order valence-electron chi connectivity index (χ0n) is 7.59. The van der Waals surface area contributed by atoms with E-state index in [2.05, 4.69) is 30.9 Å². The molecule has 0 fully saturated rings. The number of aromatic nitrogens is 3. The molecule has 0 aliphatic carbocycles. The Morgan fingerprint density at radius 2 is 2.13 bits per heavy atom. The number of carboxylic acids is 1. The Labute approximate surface area is 91.5 Å². The van der Waals surface area contributed by atoms with E-state index in [1.54, 1.807) is 6.92 Å². The number of aromatic amines is 2. The Bertz CT molecular complexity index is 613. The Kier molecular flexibility index (Phi) is 2.11. The monoisotopic (exact) mass is 271 g/mol. The molecule has 2 aromatic heterocycles. The van der Waals surface area contributed by atoms with Gasteiger partial charge in [-0.05, 0) is 22.9 Å². The van der Waals surface area contributed by atoms with E-state index >= 15 is 0 Å². The third kappa shape index (κ3) is 1.44. The first-order chi connectivity index (χ1) is 7.00. The second-order valence-electron chi connectivity index (χ2n) is 2.99. The number of H-pyrrole nitrogens is 2. The van der Waals surface area contributed by atoms with Crippen molar-refractivity contribution in [3.8, 4) is 0 Å². The van der Waals surface area contributed by atoms with Crippen LogP contribution >= 0.6 is 15.9 Å². The van der Waals surface area contributed by atoms with Crippen molar-refractivity contribution in [3.63, 3.8) is 0 Å². The van der Waals surface area contributed by atoms with E-state index in [-0.39, 0.29) is 21.2 Å². The van der Waals surface area contributed by atoms with E-state index in [1.165, 1.54) is 0 Å². The van der Waals surface area contributed by atoms with Gasteiger partial charge in [-0.3, -0.25) is 4.79 Å². The molecular weight excluding hydrogens is 266 g/mol. The molecule has 0 aromatic carbocycles. The number of aromatic carboxylic acids is 1. The molecule has 0 saturated carbocycles. The fourth-order valence-corrected chi connectivity index (χ4v) is 1.94. The molecule has 0 amide bonds. The van der Waals surface area contributed by atoms with Crippen LogP contribution in [0.15, 0.2) is 9.40 Å². The molecule has 2 aromatic rings. The highest BCUT2D eigenvalue weighted by atomic mass is 79.9. The van der Waals surface area contributed by atoms with Crippen molar-refractivity contribution in [2.75, 3.05) is 0 Å². The summed E-state index contributed by atoms with van der Waals surface area (Å²) in [6.07, 6.45) is 0. The van der Waals surface area contributed by atoms with Crippen LogP contribution < -0.4 is 5.56 Å². The molecule has 3 N–H and O–H groups in total. The summed E-state index contributed by atoms with van der Waals surface area (Å²) in [6.45, 7) is 1.62. The van der Waals surface area contributed by atoms with E-state index in [9.17, 15) is 9.59 Å². The minimum atomic E-state index is -1.18. The second kappa shape index (κ2) is 3.20. The molecule has 7 heteroatoms. The highest BCUT2D eigenvalue weighted by molar-refractivity contribution is 9.10. The van der Waals surface area contributed by atoms with Crippen molar-refractivity contribution < 1.29 is 9.90 Å². The molecule has 78 valence electrons. The first kappa shape index (κ1) is 9.91. The molecular formula is C8H6BrN3O3. The summed E-state index contributed by atoms with van der Waals surface area (Å²) in [5.41, 5.74) is -0.295. The van der Waals surface area contributed by atoms with Gasteiger partial charge in [-0.15, -0.1) is 0 Å². The predicted octanol–water partition coefficient (Wildman–Crippen LogP) is 1.02. The molecule has 0 radical (unpaired) electrons. The van der Waals surface area contributed by atoms with Crippen LogP contribution in [0.5, 0.6) is 0 Å². The summed E-state index contributed by atoms with van der Waals surface area (Å²) in [5.74, 6) is -0.748. The van der Waals surface area contributed by atoms with Crippen molar-refractivity contribution in [3.05, 3.63) is 26.3 Å². The van der Waals surface area contributed by atoms with Gasteiger partial charge in [-0.2, -0.15) is 0 Å². The number of carboxylic acid groups (broad SMARTS) is 1. The largest absolute Gasteiger partial charge is 0.478 e. The van der Waals surface area contributed by atoms with E-state index < -0.39 is 11.5 Å². The number of fused-ring (bicyclic) bond motifs is 1. The lowest BCUT2D eigenvalue weighted by Crippen LogP contribution is -2.11. The summed E-state index contributed by atoms with van der Waals surface area (Å²) in [7, 11) is 0. The zero-order chi connectivity index (χ0) is 11.2. The van der Waals surface area contributed by atoms with Gasteiger partial charge in [0.1, 0.15) is 17.0 Å². The fourth-order valence-electron chi connectivity index (χ4n) is 1.39. The third-order valence-electron chi connectivity index (χ3n) is 1.95. The lowest BCUT2D eigenvalue weighted by molar-refractivity contribution is 0.0698. The highest BCUT2D eigenvalue weighted by Gasteiger charge is 2.19. The van der Waals surface area contributed by atoms with Gasteiger partial charge in [0.05, 0.1) is 9.99 Å². The quantitative estimate of drug-likeness (QED) is 0.721. The lowest BCUT2D eigenvalue weighted by atomic mass is 10.2. The molecule has 0 aliphatic rings. The van der Waals surface area contributed by atoms with Crippen LogP contribution in [0.1, 0.15) is 16.2 Å². The third-order valence-corrected chi connectivity index (χ3v) is 2.54. The fraction of sp³-hybridized carbons (Fsp3) is 0.125. The molecule has 0 bridgehead atoms. The van der Waals surface area contributed by atoms with E-state index in [1.807, 2.05) is 0 Å². The Morgan fingerprint density at radius 1 is 1.47 bits per heavy atom. The van der Waals surface area contributed by atoms with Crippen molar-refractivity contribution >= 4 is 32.9 Å². The summed E-state index contributed by atoms with van der Waals surface area (Å²) in [4.78, 5) is 31.6. The second-order valence-corrected chi connectivity index (χ2v) is 3.79. The standard InChI is InChI=1S/C8H6BrN3O3/c1-2-10-6-4(7(13)11-2)3(8(14)15)5(9)12-6/h1H3,(H,14,15)(H2,10,11,12,13). The first-order valence-electron chi connectivity index (χ1n) is 4.02. The van der Waals surface area contributed by atoms with Crippen molar-refractivity contribution in [2.24, 2.45) is 0 Å². The number of nitrogens with zero attached hydrogens (tertiary/aromatic N) is 1. The number of nitrogens with one attached hydrogen (secondary N) is 2. The maximum Gasteiger partial charge on any atom is 0.339 e. The predicted molar refractivity (Wildman–Crippen MR) is 56.1 cm³/mol. The Balaban J connectivity index is 3.00. The summed E-state index contributed by atoms with van der Waals surface area (Å²) in [5, 5.41) is 8.97. The maximum absolute atomic E-state index is 11.5. The number of hydrogen-bond acceptors (Lipinski definition) is 3. The van der Waals surface area contributed by atoms with Crippen LogP contribution in [-0.2, 0) is 0 Å². The average molecular weight is 272 g/mol. The van der Waals surface area contributed by atoms with Crippen molar-refractivity contribution in [2.45, 2.75) is 6.92 Å². The van der Waals surface area contributed by atoms with E-state index in [0.29, 0.717) is 5.82 Å². The number of hydrogen-bond donors (Lipinski definition) is 3. The van der Waals surface area contributed by atoms with Crippen LogP contribution in [0.3, 0.4) is 0 Å². The van der Waals surface area contributed by atoms with Gasteiger partial charge in [-0.25, -0.2) is 9.78 Å². The van der Waals surface area contributed by atoms with Gasteiger partial charge in [0.2, 0.25) is 0 Å². The van der Waals surface area contributed by atoms with Crippen LogP contribution in [0.2, 0.25) is 0 Å². The molecule has 0 aliphatic heterocycles. The normalized spacial score (nSPS) is 10.8. The van der Waals surface area contributed by atoms with Crippen LogP contribution in [-0.4, -0.2) is 26.0 Å². The Morgan fingerprint density at radius 3 is 2.73 bits per heavy atom. The molecule has 0 unspecified atom stereocenters. The number of rotatable bonds is 1. The zero-order valence-corrected chi connectivity index (χ0v) is 9.17. The summed E-state index contributed by atoms with van der Waals surface area (Å²) in [6, 6.07) is 0. The van der Waals surface area contributed by atoms with Gasteiger partial charge < -0.3 is 15.1 Å². The van der Waals surface area contributed by atoms with Gasteiger partial charge in [0.25, 0.3) is 5.56 Å². The Hall–Kier alpha value is -1.63. The minimum Gasteiger partial charge on any atom is -0.478 e. The summed E-state index contributed by atoms with van der Waals surface area (Å²) >= 11 is 3.04. The molecule has 0 spiro atoms. The SMILES string of the molecule is Cc1nc2[nH]c(Br)c(C(=O)O)c2c(=O)[nH]1. The number of aryl methyl sites for hydroxylation is 1. The van der Waals surface area contributed by atoms with Gasteiger partial charge in [0.15, 0.2) is 0 Å². The topological polar surface area (TPSA) is 98.8 Å². The molecule has 6 nitrogen and oxygen atoms in total. The highest BCUT2D eigenvalue weighted by Crippen LogP contribution is 2.22. The minimum absolute atomic E-state index is 0.0555. The summed E-state index contributed by atoms with van der Waals surface area (Å²) < 4.78 is 0.244. The number of halogens is 1. The van der Waals surface area contributed by atoms with E-state index in [0.717, 1.165) is 0 Å². The molecule has 0 atom stereocenters. The molecule has 15 heavy (non-hydrogen) atoms. The lowest BCUT2D eigenvalue weighted by Gasteiger charge is -1.93. The van der Waals surface area contributed by atoms with Gasteiger partial charge in [0, 0.05) is 0 Å². The molecule has 2 heterocycles.